The zero-order valence-corrected chi connectivity index (χ0v) is 16.1. The Labute approximate surface area is 169 Å². The van der Waals surface area contributed by atoms with E-state index < -0.39 is 0 Å². The van der Waals surface area contributed by atoms with Crippen LogP contribution < -0.4 is 10.9 Å². The van der Waals surface area contributed by atoms with Crippen molar-refractivity contribution < 1.29 is 8.83 Å². The molecule has 5 aromatic rings. The first kappa shape index (κ1) is 17.7. The normalized spacial score (nSPS) is 12.4. The van der Waals surface area contributed by atoms with E-state index in [-0.39, 0.29) is 11.6 Å². The van der Waals surface area contributed by atoms with Crippen LogP contribution in [0.2, 0.25) is 0 Å². The van der Waals surface area contributed by atoms with Gasteiger partial charge in [0.05, 0.1) is 30.5 Å². The molecule has 0 amide bonds. The van der Waals surface area contributed by atoms with Crippen LogP contribution in [-0.4, -0.2) is 9.97 Å². The summed E-state index contributed by atoms with van der Waals surface area (Å²) >= 11 is 1.43. The summed E-state index contributed by atoms with van der Waals surface area (Å²) < 4.78 is 11.1. The number of nitrogens with zero attached hydrogens (tertiary/aromatic N) is 1. The summed E-state index contributed by atoms with van der Waals surface area (Å²) in [6.45, 7) is 0.388. The monoisotopic (exact) mass is 403 g/mol. The number of benzene rings is 1. The number of aromatic nitrogens is 2. The average molecular weight is 403 g/mol. The SMILES string of the molecule is O=c1[nH]c(CN[C@H](c2ccccc2)c2ccco2)nc2scc(-c3ccco3)c12. The predicted molar refractivity (Wildman–Crippen MR) is 112 cm³/mol. The maximum Gasteiger partial charge on any atom is 0.260 e. The molecule has 0 radical (unpaired) electrons. The number of furan rings is 2. The van der Waals surface area contributed by atoms with Crippen molar-refractivity contribution in [3.63, 3.8) is 0 Å². The van der Waals surface area contributed by atoms with E-state index in [1.165, 1.54) is 11.3 Å². The standard InChI is InChI=1S/C22H17N3O3S/c26-21-19-15(16-8-4-10-27-16)13-29-22(19)25-18(24-21)12-23-20(17-9-5-11-28-17)14-6-2-1-3-7-14/h1-11,13,20,23H,12H2,(H,24,25,26)/t20-/m1/s1. The molecule has 6 nitrogen and oxygen atoms in total. The minimum Gasteiger partial charge on any atom is -0.467 e. The lowest BCUT2D eigenvalue weighted by atomic mass is 10.0. The second kappa shape index (κ2) is 7.54. The van der Waals surface area contributed by atoms with Crippen LogP contribution in [0.25, 0.3) is 21.5 Å². The molecule has 0 bridgehead atoms. The second-order valence-electron chi connectivity index (χ2n) is 6.56. The number of hydrogen-bond acceptors (Lipinski definition) is 6. The molecule has 1 aromatic carbocycles. The van der Waals surface area contributed by atoms with Gasteiger partial charge in [-0.3, -0.25) is 10.1 Å². The molecule has 1 atom stereocenters. The van der Waals surface area contributed by atoms with E-state index in [0.717, 1.165) is 16.9 Å². The summed E-state index contributed by atoms with van der Waals surface area (Å²) in [6.07, 6.45) is 3.25. The molecule has 7 heteroatoms. The Morgan fingerprint density at radius 3 is 2.62 bits per heavy atom. The minimum absolute atomic E-state index is 0.144. The molecule has 0 spiro atoms. The summed E-state index contributed by atoms with van der Waals surface area (Å²) in [4.78, 5) is 21.0. The van der Waals surface area contributed by atoms with Gasteiger partial charge in [-0.25, -0.2) is 4.98 Å². The fraction of sp³-hybridized carbons (Fsp3) is 0.0909. The molecule has 5 rings (SSSR count). The first-order chi connectivity index (χ1) is 14.3. The van der Waals surface area contributed by atoms with Gasteiger partial charge in [0, 0.05) is 10.9 Å². The molecule has 29 heavy (non-hydrogen) atoms. The van der Waals surface area contributed by atoms with E-state index in [0.29, 0.717) is 28.3 Å². The molecular weight excluding hydrogens is 386 g/mol. The van der Waals surface area contributed by atoms with Gasteiger partial charge in [-0.15, -0.1) is 11.3 Å². The molecule has 0 unspecified atom stereocenters. The zero-order chi connectivity index (χ0) is 19.6. The van der Waals surface area contributed by atoms with E-state index in [1.807, 2.05) is 53.9 Å². The molecule has 0 aliphatic rings. The van der Waals surface area contributed by atoms with E-state index in [2.05, 4.69) is 15.3 Å². The summed E-state index contributed by atoms with van der Waals surface area (Å²) in [5.74, 6) is 2.04. The van der Waals surface area contributed by atoms with Crippen LogP contribution in [0, 0.1) is 0 Å². The van der Waals surface area contributed by atoms with E-state index >= 15 is 0 Å². The fourth-order valence-electron chi connectivity index (χ4n) is 3.37. The Kier molecular flexibility index (Phi) is 4.59. The smallest absolute Gasteiger partial charge is 0.260 e. The first-order valence-electron chi connectivity index (χ1n) is 9.15. The lowest BCUT2D eigenvalue weighted by Gasteiger charge is -2.16. The average Bonchev–Trinajstić information content (AvgIpc) is 3.50. The third-order valence-corrected chi connectivity index (χ3v) is 5.59. The van der Waals surface area contributed by atoms with Crippen LogP contribution in [0.4, 0.5) is 0 Å². The number of H-pyrrole nitrogens is 1. The van der Waals surface area contributed by atoms with E-state index in [9.17, 15) is 4.79 Å². The van der Waals surface area contributed by atoms with Crippen molar-refractivity contribution in [1.29, 1.82) is 0 Å². The Morgan fingerprint density at radius 1 is 1.03 bits per heavy atom. The van der Waals surface area contributed by atoms with Crippen molar-refractivity contribution in [3.05, 3.63) is 100 Å². The van der Waals surface area contributed by atoms with Crippen molar-refractivity contribution >= 4 is 21.6 Å². The minimum atomic E-state index is -0.172. The molecule has 0 saturated heterocycles. The van der Waals surface area contributed by atoms with Crippen LogP contribution in [0.15, 0.2) is 86.1 Å². The molecule has 144 valence electrons. The first-order valence-corrected chi connectivity index (χ1v) is 10.0. The highest BCUT2D eigenvalue weighted by atomic mass is 32.1. The highest BCUT2D eigenvalue weighted by molar-refractivity contribution is 7.17. The van der Waals surface area contributed by atoms with Gasteiger partial charge in [0.1, 0.15) is 22.2 Å². The number of aromatic amines is 1. The highest BCUT2D eigenvalue weighted by Gasteiger charge is 2.18. The Bertz CT molecular complexity index is 1270. The summed E-state index contributed by atoms with van der Waals surface area (Å²) in [7, 11) is 0. The van der Waals surface area contributed by atoms with Crippen LogP contribution in [0.5, 0.6) is 0 Å². The largest absolute Gasteiger partial charge is 0.467 e. The molecule has 0 aliphatic heterocycles. The Morgan fingerprint density at radius 2 is 1.86 bits per heavy atom. The second-order valence-corrected chi connectivity index (χ2v) is 7.42. The molecule has 4 aromatic heterocycles. The number of nitrogens with one attached hydrogen (secondary N) is 2. The maximum atomic E-state index is 12.7. The number of fused-ring (bicyclic) bond motifs is 1. The summed E-state index contributed by atoms with van der Waals surface area (Å²) in [6, 6.07) is 17.3. The van der Waals surface area contributed by atoms with Crippen LogP contribution >= 0.6 is 11.3 Å². The molecular formula is C22H17N3O3S. The van der Waals surface area contributed by atoms with Crippen LogP contribution in [-0.2, 0) is 6.54 Å². The number of hydrogen-bond donors (Lipinski definition) is 2. The van der Waals surface area contributed by atoms with Gasteiger partial charge in [-0.1, -0.05) is 30.3 Å². The quantitative estimate of drug-likeness (QED) is 0.429. The molecule has 0 fully saturated rings. The molecule has 4 heterocycles. The third-order valence-electron chi connectivity index (χ3n) is 4.71. The maximum absolute atomic E-state index is 12.7. The van der Waals surface area contributed by atoms with Crippen molar-refractivity contribution in [1.82, 2.24) is 15.3 Å². The van der Waals surface area contributed by atoms with Gasteiger partial charge in [0.25, 0.3) is 5.56 Å². The topological polar surface area (TPSA) is 84.1 Å². The highest BCUT2D eigenvalue weighted by Crippen LogP contribution is 2.31. The van der Waals surface area contributed by atoms with Gasteiger partial charge in [0.15, 0.2) is 0 Å². The van der Waals surface area contributed by atoms with Crippen LogP contribution in [0.1, 0.15) is 23.2 Å². The van der Waals surface area contributed by atoms with E-state index in [1.54, 1.807) is 18.6 Å². The van der Waals surface area contributed by atoms with Crippen molar-refractivity contribution in [2.45, 2.75) is 12.6 Å². The fourth-order valence-corrected chi connectivity index (χ4v) is 4.32. The summed E-state index contributed by atoms with van der Waals surface area (Å²) in [5, 5.41) is 5.90. The molecule has 0 saturated carbocycles. The van der Waals surface area contributed by atoms with Crippen LogP contribution in [0.3, 0.4) is 0 Å². The van der Waals surface area contributed by atoms with E-state index in [4.69, 9.17) is 8.83 Å². The number of thiophene rings is 1. The zero-order valence-electron chi connectivity index (χ0n) is 15.3. The summed E-state index contributed by atoms with van der Waals surface area (Å²) in [5.41, 5.74) is 1.66. The Hall–Kier alpha value is -3.42. The number of rotatable bonds is 6. The molecule has 0 aliphatic carbocycles. The van der Waals surface area contributed by atoms with Gasteiger partial charge in [-0.05, 0) is 29.8 Å². The van der Waals surface area contributed by atoms with Gasteiger partial charge < -0.3 is 13.8 Å². The predicted octanol–water partition coefficient (Wildman–Crippen LogP) is 4.72. The van der Waals surface area contributed by atoms with Crippen molar-refractivity contribution in [2.24, 2.45) is 0 Å². The van der Waals surface area contributed by atoms with Gasteiger partial charge >= 0.3 is 0 Å². The van der Waals surface area contributed by atoms with Crippen molar-refractivity contribution in [2.75, 3.05) is 0 Å². The third kappa shape index (κ3) is 3.41. The molecule has 2 N–H and O–H groups in total. The Balaban J connectivity index is 1.45. The lowest BCUT2D eigenvalue weighted by Crippen LogP contribution is -2.24. The van der Waals surface area contributed by atoms with Crippen molar-refractivity contribution in [3.8, 4) is 11.3 Å². The van der Waals surface area contributed by atoms with Gasteiger partial charge in [0.2, 0.25) is 0 Å². The lowest BCUT2D eigenvalue weighted by molar-refractivity contribution is 0.442. The van der Waals surface area contributed by atoms with Gasteiger partial charge in [-0.2, -0.15) is 0 Å².